The molecule has 0 amide bonds. The molecule has 2 N–H and O–H groups in total. The van der Waals surface area contributed by atoms with E-state index >= 15 is 0 Å². The van der Waals surface area contributed by atoms with Gasteiger partial charge in [-0.15, -0.1) is 0 Å². The lowest BCUT2D eigenvalue weighted by Crippen LogP contribution is -2.45. The summed E-state index contributed by atoms with van der Waals surface area (Å²) in [4.78, 5) is 2.32. The average Bonchev–Trinajstić information content (AvgIpc) is 2.28. The van der Waals surface area contributed by atoms with Crippen molar-refractivity contribution in [1.82, 2.24) is 10.2 Å². The van der Waals surface area contributed by atoms with Crippen LogP contribution in [-0.2, 0) is 0 Å². The molecule has 0 rings (SSSR count). The van der Waals surface area contributed by atoms with E-state index < -0.39 is 0 Å². The van der Waals surface area contributed by atoms with E-state index in [9.17, 15) is 5.11 Å². The average molecular weight is 244 g/mol. The van der Waals surface area contributed by atoms with E-state index in [4.69, 9.17) is 0 Å². The first kappa shape index (κ1) is 16.9. The SMILES string of the molecule is CCC(CC)C(CNCC(C)(C)CO)N(C)C. The van der Waals surface area contributed by atoms with E-state index in [1.54, 1.807) is 0 Å². The van der Waals surface area contributed by atoms with Crippen LogP contribution in [-0.4, -0.2) is 49.8 Å². The molecule has 0 aromatic carbocycles. The predicted molar refractivity (Wildman–Crippen MR) is 75.3 cm³/mol. The molecule has 0 radical (unpaired) electrons. The van der Waals surface area contributed by atoms with Crippen LogP contribution < -0.4 is 5.32 Å². The summed E-state index contributed by atoms with van der Waals surface area (Å²) in [7, 11) is 4.31. The number of hydrogen-bond donors (Lipinski definition) is 2. The molecular formula is C14H32N2O. The van der Waals surface area contributed by atoms with Crippen LogP contribution in [0.2, 0.25) is 0 Å². The van der Waals surface area contributed by atoms with Gasteiger partial charge in [0.05, 0.1) is 0 Å². The van der Waals surface area contributed by atoms with Gasteiger partial charge in [0, 0.05) is 31.2 Å². The van der Waals surface area contributed by atoms with Gasteiger partial charge in [0.2, 0.25) is 0 Å². The molecule has 0 saturated carbocycles. The van der Waals surface area contributed by atoms with Crippen LogP contribution in [0.1, 0.15) is 40.5 Å². The molecule has 3 nitrogen and oxygen atoms in total. The molecular weight excluding hydrogens is 212 g/mol. The Balaban J connectivity index is 4.19. The second-order valence-electron chi connectivity index (χ2n) is 6.06. The number of likely N-dealkylation sites (N-methyl/N-ethyl adjacent to an activating group) is 1. The summed E-state index contributed by atoms with van der Waals surface area (Å²) >= 11 is 0. The summed E-state index contributed by atoms with van der Waals surface area (Å²) in [5, 5.41) is 12.7. The molecule has 0 heterocycles. The van der Waals surface area contributed by atoms with Crippen LogP contribution in [0.3, 0.4) is 0 Å². The van der Waals surface area contributed by atoms with Crippen LogP contribution >= 0.6 is 0 Å². The van der Waals surface area contributed by atoms with Crippen molar-refractivity contribution in [3.05, 3.63) is 0 Å². The van der Waals surface area contributed by atoms with E-state index in [-0.39, 0.29) is 12.0 Å². The number of hydrogen-bond acceptors (Lipinski definition) is 3. The van der Waals surface area contributed by atoms with E-state index in [0.29, 0.717) is 6.04 Å². The molecule has 0 spiro atoms. The fraction of sp³-hybridized carbons (Fsp3) is 1.00. The highest BCUT2D eigenvalue weighted by atomic mass is 16.3. The van der Waals surface area contributed by atoms with Gasteiger partial charge in [-0.1, -0.05) is 40.5 Å². The zero-order chi connectivity index (χ0) is 13.5. The van der Waals surface area contributed by atoms with E-state index in [2.05, 4.69) is 52.0 Å². The van der Waals surface area contributed by atoms with Crippen molar-refractivity contribution >= 4 is 0 Å². The smallest absolute Gasteiger partial charge is 0.0494 e. The lowest BCUT2D eigenvalue weighted by molar-refractivity contribution is 0.145. The Hall–Kier alpha value is -0.120. The first-order chi connectivity index (χ1) is 7.87. The van der Waals surface area contributed by atoms with Crippen LogP contribution in [0.5, 0.6) is 0 Å². The molecule has 1 atom stereocenters. The van der Waals surface area contributed by atoms with Gasteiger partial charge in [0.1, 0.15) is 0 Å². The molecule has 0 aliphatic rings. The first-order valence-corrected chi connectivity index (χ1v) is 6.86. The second kappa shape index (κ2) is 8.06. The fourth-order valence-corrected chi connectivity index (χ4v) is 2.22. The Kier molecular flexibility index (Phi) is 8.01. The molecule has 0 aliphatic carbocycles. The van der Waals surface area contributed by atoms with Crippen molar-refractivity contribution in [3.8, 4) is 0 Å². The molecule has 0 aliphatic heterocycles. The Morgan fingerprint density at radius 1 is 1.18 bits per heavy atom. The quantitative estimate of drug-likeness (QED) is 0.651. The predicted octanol–water partition coefficient (Wildman–Crippen LogP) is 1.96. The third kappa shape index (κ3) is 6.39. The fourth-order valence-electron chi connectivity index (χ4n) is 2.22. The topological polar surface area (TPSA) is 35.5 Å². The summed E-state index contributed by atoms with van der Waals surface area (Å²) in [5.41, 5.74) is -0.0230. The largest absolute Gasteiger partial charge is 0.396 e. The molecule has 3 heteroatoms. The van der Waals surface area contributed by atoms with Crippen molar-refractivity contribution in [2.75, 3.05) is 33.8 Å². The summed E-state index contributed by atoms with van der Waals surface area (Å²) < 4.78 is 0. The lowest BCUT2D eigenvalue weighted by atomic mass is 9.92. The van der Waals surface area contributed by atoms with E-state index in [1.165, 1.54) is 12.8 Å². The first-order valence-electron chi connectivity index (χ1n) is 6.86. The van der Waals surface area contributed by atoms with Crippen molar-refractivity contribution in [2.24, 2.45) is 11.3 Å². The van der Waals surface area contributed by atoms with Crippen molar-refractivity contribution < 1.29 is 5.11 Å². The zero-order valence-corrected chi connectivity index (χ0v) is 12.6. The number of rotatable bonds is 9. The molecule has 0 fully saturated rings. The maximum Gasteiger partial charge on any atom is 0.0494 e. The summed E-state index contributed by atoms with van der Waals surface area (Å²) in [6, 6.07) is 0.583. The van der Waals surface area contributed by atoms with Gasteiger partial charge >= 0.3 is 0 Å². The molecule has 0 bridgehead atoms. The van der Waals surface area contributed by atoms with Gasteiger partial charge in [-0.3, -0.25) is 0 Å². The Labute approximate surface area is 108 Å². The lowest BCUT2D eigenvalue weighted by Gasteiger charge is -2.33. The van der Waals surface area contributed by atoms with Gasteiger partial charge in [-0.25, -0.2) is 0 Å². The third-order valence-corrected chi connectivity index (χ3v) is 3.64. The maximum atomic E-state index is 9.22. The highest BCUT2D eigenvalue weighted by molar-refractivity contribution is 4.79. The van der Waals surface area contributed by atoms with Crippen molar-refractivity contribution in [2.45, 2.75) is 46.6 Å². The van der Waals surface area contributed by atoms with E-state index in [0.717, 1.165) is 19.0 Å². The van der Waals surface area contributed by atoms with Crippen LogP contribution in [0.15, 0.2) is 0 Å². The molecule has 0 saturated heterocycles. The summed E-state index contributed by atoms with van der Waals surface area (Å²) in [5.74, 6) is 0.745. The van der Waals surface area contributed by atoms with Gasteiger partial charge in [0.25, 0.3) is 0 Å². The minimum atomic E-state index is -0.0230. The minimum absolute atomic E-state index is 0.0230. The maximum absolute atomic E-state index is 9.22. The minimum Gasteiger partial charge on any atom is -0.396 e. The Morgan fingerprint density at radius 3 is 2.06 bits per heavy atom. The van der Waals surface area contributed by atoms with Gasteiger partial charge in [-0.2, -0.15) is 0 Å². The monoisotopic (exact) mass is 244 g/mol. The summed E-state index contributed by atoms with van der Waals surface area (Å²) in [6.45, 7) is 10.8. The second-order valence-corrected chi connectivity index (χ2v) is 6.06. The molecule has 0 aromatic rings. The number of nitrogens with zero attached hydrogens (tertiary/aromatic N) is 1. The highest BCUT2D eigenvalue weighted by Gasteiger charge is 2.22. The van der Waals surface area contributed by atoms with Crippen molar-refractivity contribution in [3.63, 3.8) is 0 Å². The molecule has 17 heavy (non-hydrogen) atoms. The Morgan fingerprint density at radius 2 is 1.71 bits per heavy atom. The standard InChI is InChI=1S/C14H32N2O/c1-7-12(8-2)13(16(5)6)9-15-10-14(3,4)11-17/h12-13,15,17H,7-11H2,1-6H3. The van der Waals surface area contributed by atoms with Crippen LogP contribution in [0, 0.1) is 11.3 Å². The molecule has 0 aromatic heterocycles. The van der Waals surface area contributed by atoms with E-state index in [1.807, 2.05) is 0 Å². The Bertz CT molecular complexity index is 189. The molecule has 104 valence electrons. The van der Waals surface area contributed by atoms with Gasteiger partial charge in [0.15, 0.2) is 0 Å². The zero-order valence-electron chi connectivity index (χ0n) is 12.6. The number of aliphatic hydroxyl groups excluding tert-OH is 1. The van der Waals surface area contributed by atoms with Gasteiger partial charge < -0.3 is 15.3 Å². The van der Waals surface area contributed by atoms with Gasteiger partial charge in [-0.05, 0) is 20.0 Å². The number of aliphatic hydroxyl groups is 1. The van der Waals surface area contributed by atoms with Crippen LogP contribution in [0.4, 0.5) is 0 Å². The van der Waals surface area contributed by atoms with Crippen LogP contribution in [0.25, 0.3) is 0 Å². The van der Waals surface area contributed by atoms with Crippen molar-refractivity contribution in [1.29, 1.82) is 0 Å². The highest BCUT2D eigenvalue weighted by Crippen LogP contribution is 2.17. The summed E-state index contributed by atoms with van der Waals surface area (Å²) in [6.07, 6.45) is 2.45. The molecule has 1 unspecified atom stereocenters. The number of nitrogens with one attached hydrogen (secondary N) is 1. The third-order valence-electron chi connectivity index (χ3n) is 3.64. The normalized spacial score (nSPS) is 14.6.